The summed E-state index contributed by atoms with van der Waals surface area (Å²) in [4.78, 5) is 30.5. The van der Waals surface area contributed by atoms with E-state index in [0.29, 0.717) is 24.7 Å². The van der Waals surface area contributed by atoms with Crippen molar-refractivity contribution in [2.75, 3.05) is 29.4 Å². The zero-order valence-corrected chi connectivity index (χ0v) is 20.5. The molecule has 35 heavy (non-hydrogen) atoms. The van der Waals surface area contributed by atoms with Gasteiger partial charge in [-0.3, -0.25) is 19.3 Å². The first kappa shape index (κ1) is 24.3. The second-order valence-corrected chi connectivity index (χ2v) is 8.55. The fourth-order valence-corrected chi connectivity index (χ4v) is 4.61. The van der Waals surface area contributed by atoms with E-state index in [0.717, 1.165) is 36.1 Å². The van der Waals surface area contributed by atoms with E-state index in [1.165, 1.54) is 25.3 Å². The number of fused-ring (bicyclic) bond motifs is 1. The van der Waals surface area contributed by atoms with Crippen LogP contribution in [-0.4, -0.2) is 46.9 Å². The van der Waals surface area contributed by atoms with E-state index in [-0.39, 0.29) is 17.2 Å². The van der Waals surface area contributed by atoms with Gasteiger partial charge in [0.05, 0.1) is 11.2 Å². The van der Waals surface area contributed by atoms with Crippen LogP contribution in [0.4, 0.5) is 16.0 Å². The number of piperazine rings is 1. The SMILES string of the molecule is C=N/C=C\C(=C(/C)F)c1cc(=O)n(CC)c(N2CCN(c3ccc4ncccc4c3)C[C@H]2CC)n1. The highest BCUT2D eigenvalue weighted by atomic mass is 19.1. The number of halogens is 1. The van der Waals surface area contributed by atoms with Crippen LogP contribution in [0.25, 0.3) is 16.5 Å². The zero-order valence-electron chi connectivity index (χ0n) is 20.5. The fourth-order valence-electron chi connectivity index (χ4n) is 4.61. The number of allylic oxidation sites excluding steroid dienone is 3. The lowest BCUT2D eigenvalue weighted by Gasteiger charge is -2.43. The number of anilines is 2. The molecule has 1 aliphatic heterocycles. The van der Waals surface area contributed by atoms with Crippen molar-refractivity contribution in [1.82, 2.24) is 14.5 Å². The summed E-state index contributed by atoms with van der Waals surface area (Å²) >= 11 is 0. The molecule has 2 aromatic heterocycles. The molecule has 0 bridgehead atoms. The molecular formula is C27H31FN6O. The number of pyridine rings is 1. The Hall–Kier alpha value is -3.81. The molecule has 0 amide bonds. The van der Waals surface area contributed by atoms with Crippen LogP contribution in [-0.2, 0) is 6.54 Å². The Morgan fingerprint density at radius 3 is 2.80 bits per heavy atom. The summed E-state index contributed by atoms with van der Waals surface area (Å²) in [5.41, 5.74) is 2.45. The Balaban J connectivity index is 1.69. The van der Waals surface area contributed by atoms with Gasteiger partial charge in [0.2, 0.25) is 5.95 Å². The summed E-state index contributed by atoms with van der Waals surface area (Å²) in [7, 11) is 0. The second kappa shape index (κ2) is 10.6. The molecule has 1 aromatic carbocycles. The van der Waals surface area contributed by atoms with Crippen LogP contribution in [0.15, 0.2) is 70.5 Å². The third kappa shape index (κ3) is 5.01. The summed E-state index contributed by atoms with van der Waals surface area (Å²) in [6.07, 6.45) is 5.57. The minimum absolute atomic E-state index is 0.137. The number of benzene rings is 1. The van der Waals surface area contributed by atoms with Crippen molar-refractivity contribution in [2.24, 2.45) is 4.99 Å². The molecule has 0 radical (unpaired) electrons. The molecule has 0 N–H and O–H groups in total. The Bertz CT molecular complexity index is 1340. The molecule has 182 valence electrons. The van der Waals surface area contributed by atoms with E-state index >= 15 is 0 Å². The molecule has 0 unspecified atom stereocenters. The third-order valence-corrected chi connectivity index (χ3v) is 6.46. The lowest BCUT2D eigenvalue weighted by molar-refractivity contribution is 0.487. The average molecular weight is 475 g/mol. The number of aromatic nitrogens is 3. The van der Waals surface area contributed by atoms with Crippen molar-refractivity contribution in [2.45, 2.75) is 39.8 Å². The standard InChI is InChI=1S/C27H31FN6O/c1-5-21-18-32(22-9-10-24-20(16-22)8-7-12-30-24)14-15-34(21)27-31-25(17-26(35)33(27)6-2)23(19(3)28)11-13-29-4/h7-13,16-17,21H,4-6,14-15,18H2,1-3H3/b13-11-,23-19-/t21-/m1/s1. The molecule has 3 aromatic rings. The summed E-state index contributed by atoms with van der Waals surface area (Å²) in [5.74, 6) is 0.141. The second-order valence-electron chi connectivity index (χ2n) is 8.55. The molecule has 1 aliphatic rings. The van der Waals surface area contributed by atoms with Gasteiger partial charge in [-0.2, -0.15) is 0 Å². The van der Waals surface area contributed by atoms with Crippen LogP contribution < -0.4 is 15.4 Å². The predicted molar refractivity (Wildman–Crippen MR) is 142 cm³/mol. The van der Waals surface area contributed by atoms with Crippen molar-refractivity contribution in [3.63, 3.8) is 0 Å². The van der Waals surface area contributed by atoms with E-state index in [4.69, 9.17) is 4.98 Å². The highest BCUT2D eigenvalue weighted by Crippen LogP contribution is 2.28. The van der Waals surface area contributed by atoms with E-state index in [9.17, 15) is 9.18 Å². The number of aliphatic imine (C=N–C) groups is 1. The topological polar surface area (TPSA) is 66.6 Å². The lowest BCUT2D eigenvalue weighted by Crippen LogP contribution is -2.54. The van der Waals surface area contributed by atoms with Crippen LogP contribution in [0.1, 0.15) is 32.9 Å². The number of hydrogen-bond acceptors (Lipinski definition) is 6. The Kier molecular flexibility index (Phi) is 7.39. The maximum Gasteiger partial charge on any atom is 0.255 e. The Morgan fingerprint density at radius 1 is 1.26 bits per heavy atom. The van der Waals surface area contributed by atoms with E-state index < -0.39 is 5.83 Å². The maximum absolute atomic E-state index is 14.3. The first-order chi connectivity index (χ1) is 17.0. The predicted octanol–water partition coefficient (Wildman–Crippen LogP) is 4.83. The normalized spacial score (nSPS) is 17.2. The molecule has 1 saturated heterocycles. The summed E-state index contributed by atoms with van der Waals surface area (Å²) < 4.78 is 16.0. The zero-order chi connectivity index (χ0) is 24.9. The third-order valence-electron chi connectivity index (χ3n) is 6.46. The Labute approximate surface area is 205 Å². The van der Waals surface area contributed by atoms with Crippen LogP contribution in [0.5, 0.6) is 0 Å². The van der Waals surface area contributed by atoms with E-state index in [1.807, 2.05) is 13.0 Å². The largest absolute Gasteiger partial charge is 0.368 e. The Morgan fingerprint density at radius 2 is 2.09 bits per heavy atom. The average Bonchev–Trinajstić information content (AvgIpc) is 2.87. The smallest absolute Gasteiger partial charge is 0.255 e. The molecular weight excluding hydrogens is 443 g/mol. The molecule has 0 aliphatic carbocycles. The van der Waals surface area contributed by atoms with Gasteiger partial charge in [-0.1, -0.05) is 13.0 Å². The molecule has 1 fully saturated rings. The van der Waals surface area contributed by atoms with Crippen molar-refractivity contribution in [3.8, 4) is 0 Å². The molecule has 4 rings (SSSR count). The van der Waals surface area contributed by atoms with Crippen molar-refractivity contribution >= 4 is 34.8 Å². The van der Waals surface area contributed by atoms with Gasteiger partial charge >= 0.3 is 0 Å². The van der Waals surface area contributed by atoms with Crippen LogP contribution in [0.3, 0.4) is 0 Å². The van der Waals surface area contributed by atoms with Crippen LogP contribution in [0.2, 0.25) is 0 Å². The minimum Gasteiger partial charge on any atom is -0.368 e. The van der Waals surface area contributed by atoms with Gasteiger partial charge in [-0.05, 0) is 57.3 Å². The van der Waals surface area contributed by atoms with Gasteiger partial charge in [0.25, 0.3) is 5.56 Å². The van der Waals surface area contributed by atoms with E-state index in [2.05, 4.69) is 57.7 Å². The number of nitrogens with zero attached hydrogens (tertiary/aromatic N) is 6. The highest BCUT2D eigenvalue weighted by molar-refractivity contribution is 5.82. The molecule has 7 nitrogen and oxygen atoms in total. The fraction of sp³-hybridized carbons (Fsp3) is 0.333. The maximum atomic E-state index is 14.3. The van der Waals surface area contributed by atoms with Gasteiger partial charge in [0.1, 0.15) is 5.83 Å². The van der Waals surface area contributed by atoms with Crippen LogP contribution in [0, 0.1) is 0 Å². The van der Waals surface area contributed by atoms with Gasteiger partial charge < -0.3 is 9.80 Å². The quantitative estimate of drug-likeness (QED) is 0.362. The van der Waals surface area contributed by atoms with Gasteiger partial charge in [0, 0.05) is 67.3 Å². The van der Waals surface area contributed by atoms with E-state index in [1.54, 1.807) is 10.8 Å². The van der Waals surface area contributed by atoms with Crippen LogP contribution >= 0.6 is 0 Å². The summed E-state index contributed by atoms with van der Waals surface area (Å²) in [6, 6.07) is 11.9. The van der Waals surface area contributed by atoms with Gasteiger partial charge in [-0.15, -0.1) is 0 Å². The van der Waals surface area contributed by atoms with Gasteiger partial charge in [0.15, 0.2) is 0 Å². The lowest BCUT2D eigenvalue weighted by atomic mass is 10.1. The summed E-state index contributed by atoms with van der Waals surface area (Å²) in [5, 5.41) is 1.11. The molecule has 0 spiro atoms. The van der Waals surface area contributed by atoms with Crippen molar-refractivity contribution < 1.29 is 4.39 Å². The molecule has 0 saturated carbocycles. The minimum atomic E-state index is -0.431. The van der Waals surface area contributed by atoms with Crippen molar-refractivity contribution in [1.29, 1.82) is 0 Å². The molecule has 8 heteroatoms. The molecule has 3 heterocycles. The number of rotatable bonds is 7. The summed E-state index contributed by atoms with van der Waals surface area (Å²) in [6.45, 7) is 11.6. The first-order valence-electron chi connectivity index (χ1n) is 11.9. The monoisotopic (exact) mass is 474 g/mol. The number of hydrogen-bond donors (Lipinski definition) is 0. The highest BCUT2D eigenvalue weighted by Gasteiger charge is 2.29. The van der Waals surface area contributed by atoms with Crippen molar-refractivity contribution in [3.05, 3.63) is 76.7 Å². The molecule has 1 atom stereocenters. The first-order valence-corrected chi connectivity index (χ1v) is 11.9. The van der Waals surface area contributed by atoms with Gasteiger partial charge in [-0.25, -0.2) is 9.37 Å².